The third-order valence-corrected chi connectivity index (χ3v) is 5.91. The molecule has 1 amide bonds. The molecule has 0 spiro atoms. The van der Waals surface area contributed by atoms with E-state index in [0.717, 1.165) is 28.0 Å². The largest absolute Gasteiger partial charge is 0.481 e. The Labute approximate surface area is 154 Å². The summed E-state index contributed by atoms with van der Waals surface area (Å²) in [6.45, 7) is 2.83. The van der Waals surface area contributed by atoms with Crippen LogP contribution in [0.5, 0.6) is 0 Å². The Morgan fingerprint density at radius 3 is 2.77 bits per heavy atom. The SMILES string of the molecule is Cc1nn(-c2ccccc2)c2sc(C(=O)N3CCC[C@H](C(=O)O)C3)cc12. The fraction of sp³-hybridized carbons (Fsp3) is 0.316. The predicted octanol–water partition coefficient (Wildman–Crippen LogP) is 3.33. The van der Waals surface area contributed by atoms with Crippen LogP contribution in [0.3, 0.4) is 0 Å². The monoisotopic (exact) mass is 369 g/mol. The maximum absolute atomic E-state index is 12.9. The Kier molecular flexibility index (Phi) is 4.24. The molecule has 2 aromatic heterocycles. The van der Waals surface area contributed by atoms with Crippen molar-refractivity contribution in [3.63, 3.8) is 0 Å². The molecule has 4 rings (SSSR count). The van der Waals surface area contributed by atoms with Crippen molar-refractivity contribution in [3.05, 3.63) is 47.0 Å². The van der Waals surface area contributed by atoms with Crippen LogP contribution in [0.4, 0.5) is 0 Å². The lowest BCUT2D eigenvalue weighted by Gasteiger charge is -2.30. The van der Waals surface area contributed by atoms with E-state index in [0.29, 0.717) is 17.8 Å². The summed E-state index contributed by atoms with van der Waals surface area (Å²) in [6.07, 6.45) is 1.36. The second kappa shape index (κ2) is 6.57. The third-order valence-electron chi connectivity index (χ3n) is 4.81. The van der Waals surface area contributed by atoms with Crippen LogP contribution in [-0.2, 0) is 4.79 Å². The van der Waals surface area contributed by atoms with E-state index in [2.05, 4.69) is 5.10 Å². The standard InChI is InChI=1S/C19H19N3O3S/c1-12-15-10-16(17(23)21-9-5-6-13(11-21)19(24)25)26-18(15)22(20-12)14-7-3-2-4-8-14/h2-4,7-8,10,13H,5-6,9,11H2,1H3,(H,24,25)/t13-/m0/s1. The summed E-state index contributed by atoms with van der Waals surface area (Å²) in [5.41, 5.74) is 1.83. The molecular formula is C19H19N3O3S. The maximum atomic E-state index is 12.9. The second-order valence-corrected chi connectivity index (χ2v) is 7.62. The first-order valence-corrected chi connectivity index (χ1v) is 9.43. The summed E-state index contributed by atoms with van der Waals surface area (Å²) >= 11 is 1.41. The topological polar surface area (TPSA) is 75.4 Å². The van der Waals surface area contributed by atoms with E-state index in [1.54, 1.807) is 4.90 Å². The molecule has 0 aliphatic carbocycles. The van der Waals surface area contributed by atoms with Gasteiger partial charge >= 0.3 is 5.97 Å². The Bertz CT molecular complexity index is 977. The van der Waals surface area contributed by atoms with Gasteiger partial charge in [-0.15, -0.1) is 11.3 Å². The number of carboxylic acids is 1. The summed E-state index contributed by atoms with van der Waals surface area (Å²) in [4.78, 5) is 27.4. The predicted molar refractivity (Wildman–Crippen MR) is 99.9 cm³/mol. The second-order valence-electron chi connectivity index (χ2n) is 6.59. The number of aromatic nitrogens is 2. The number of fused-ring (bicyclic) bond motifs is 1. The van der Waals surface area contributed by atoms with Gasteiger partial charge in [0.15, 0.2) is 0 Å². The van der Waals surface area contributed by atoms with Crippen LogP contribution < -0.4 is 0 Å². The van der Waals surface area contributed by atoms with Crippen LogP contribution in [0.15, 0.2) is 36.4 Å². The van der Waals surface area contributed by atoms with E-state index in [1.807, 2.05) is 48.0 Å². The molecule has 0 bridgehead atoms. The molecule has 1 fully saturated rings. The first-order chi connectivity index (χ1) is 12.5. The number of likely N-dealkylation sites (tertiary alicyclic amines) is 1. The molecule has 1 aliphatic heterocycles. The fourth-order valence-corrected chi connectivity index (χ4v) is 4.57. The number of piperidine rings is 1. The lowest BCUT2D eigenvalue weighted by Crippen LogP contribution is -2.42. The summed E-state index contributed by atoms with van der Waals surface area (Å²) in [7, 11) is 0. The number of hydrogen-bond donors (Lipinski definition) is 1. The number of amides is 1. The van der Waals surface area contributed by atoms with Crippen LogP contribution in [-0.4, -0.2) is 44.8 Å². The van der Waals surface area contributed by atoms with Gasteiger partial charge in [-0.1, -0.05) is 18.2 Å². The molecule has 1 saturated heterocycles. The van der Waals surface area contributed by atoms with Crippen molar-refractivity contribution in [1.29, 1.82) is 0 Å². The van der Waals surface area contributed by atoms with Gasteiger partial charge in [0.05, 0.1) is 22.2 Å². The Morgan fingerprint density at radius 1 is 1.27 bits per heavy atom. The third kappa shape index (κ3) is 2.88. The molecule has 26 heavy (non-hydrogen) atoms. The highest BCUT2D eigenvalue weighted by atomic mass is 32.1. The Morgan fingerprint density at radius 2 is 2.04 bits per heavy atom. The molecule has 1 N–H and O–H groups in total. The number of aliphatic carboxylic acids is 1. The summed E-state index contributed by atoms with van der Waals surface area (Å²) < 4.78 is 1.86. The molecule has 6 nitrogen and oxygen atoms in total. The summed E-state index contributed by atoms with van der Waals surface area (Å²) in [6, 6.07) is 11.7. The zero-order valence-electron chi connectivity index (χ0n) is 14.4. The molecule has 1 aliphatic rings. The normalized spacial score (nSPS) is 17.6. The molecule has 0 saturated carbocycles. The van der Waals surface area contributed by atoms with E-state index in [9.17, 15) is 14.7 Å². The number of benzene rings is 1. The number of carbonyl (C=O) groups excluding carboxylic acids is 1. The number of carboxylic acid groups (broad SMARTS) is 1. The lowest BCUT2D eigenvalue weighted by molar-refractivity contribution is -0.143. The Hall–Kier alpha value is -2.67. The van der Waals surface area contributed by atoms with Crippen LogP contribution in [0.25, 0.3) is 15.9 Å². The van der Waals surface area contributed by atoms with Crippen molar-refractivity contribution in [3.8, 4) is 5.69 Å². The van der Waals surface area contributed by atoms with Crippen LogP contribution >= 0.6 is 11.3 Å². The van der Waals surface area contributed by atoms with Gasteiger partial charge in [0, 0.05) is 18.5 Å². The van der Waals surface area contributed by atoms with E-state index < -0.39 is 11.9 Å². The molecule has 0 unspecified atom stereocenters. The van der Waals surface area contributed by atoms with E-state index in [4.69, 9.17) is 0 Å². The first kappa shape index (κ1) is 16.8. The number of para-hydroxylation sites is 1. The van der Waals surface area contributed by atoms with Crippen molar-refractivity contribution < 1.29 is 14.7 Å². The minimum atomic E-state index is -0.825. The Balaban J connectivity index is 1.67. The number of nitrogens with zero attached hydrogens (tertiary/aromatic N) is 3. The summed E-state index contributed by atoms with van der Waals surface area (Å²) in [5.74, 6) is -1.38. The number of hydrogen-bond acceptors (Lipinski definition) is 4. The number of carbonyl (C=O) groups is 2. The van der Waals surface area contributed by atoms with Crippen molar-refractivity contribution >= 4 is 33.4 Å². The smallest absolute Gasteiger partial charge is 0.308 e. The van der Waals surface area contributed by atoms with Crippen molar-refractivity contribution in [2.75, 3.05) is 13.1 Å². The highest BCUT2D eigenvalue weighted by Gasteiger charge is 2.30. The molecular weight excluding hydrogens is 350 g/mol. The van der Waals surface area contributed by atoms with E-state index >= 15 is 0 Å². The zero-order chi connectivity index (χ0) is 18.3. The fourth-order valence-electron chi connectivity index (χ4n) is 3.42. The average molecular weight is 369 g/mol. The minimum Gasteiger partial charge on any atom is -0.481 e. The van der Waals surface area contributed by atoms with Crippen LogP contribution in [0, 0.1) is 12.8 Å². The van der Waals surface area contributed by atoms with Gasteiger partial charge in [-0.2, -0.15) is 5.10 Å². The van der Waals surface area contributed by atoms with E-state index in [1.165, 1.54) is 11.3 Å². The van der Waals surface area contributed by atoms with Crippen molar-refractivity contribution in [1.82, 2.24) is 14.7 Å². The zero-order valence-corrected chi connectivity index (χ0v) is 15.2. The molecule has 134 valence electrons. The van der Waals surface area contributed by atoms with Crippen LogP contribution in [0.1, 0.15) is 28.2 Å². The van der Waals surface area contributed by atoms with Gasteiger partial charge < -0.3 is 10.0 Å². The van der Waals surface area contributed by atoms with Gasteiger partial charge in [0.25, 0.3) is 5.91 Å². The first-order valence-electron chi connectivity index (χ1n) is 8.61. The average Bonchev–Trinajstić information content (AvgIpc) is 3.23. The highest BCUT2D eigenvalue weighted by Crippen LogP contribution is 2.32. The van der Waals surface area contributed by atoms with Gasteiger partial charge in [0.1, 0.15) is 4.83 Å². The quantitative estimate of drug-likeness (QED) is 0.768. The number of thiophene rings is 1. The minimum absolute atomic E-state index is 0.0869. The van der Waals surface area contributed by atoms with Crippen molar-refractivity contribution in [2.24, 2.45) is 5.92 Å². The molecule has 1 atom stereocenters. The van der Waals surface area contributed by atoms with Crippen molar-refractivity contribution in [2.45, 2.75) is 19.8 Å². The van der Waals surface area contributed by atoms with Gasteiger partial charge in [-0.25, -0.2) is 4.68 Å². The molecule has 1 aromatic carbocycles. The van der Waals surface area contributed by atoms with Gasteiger partial charge in [0.2, 0.25) is 0 Å². The maximum Gasteiger partial charge on any atom is 0.308 e. The molecule has 0 radical (unpaired) electrons. The summed E-state index contributed by atoms with van der Waals surface area (Å²) in [5, 5.41) is 14.8. The molecule has 3 heterocycles. The van der Waals surface area contributed by atoms with Gasteiger partial charge in [-0.05, 0) is 38.0 Å². The lowest BCUT2D eigenvalue weighted by atomic mass is 9.98. The number of rotatable bonds is 3. The molecule has 3 aromatic rings. The van der Waals surface area contributed by atoms with Gasteiger partial charge in [-0.3, -0.25) is 9.59 Å². The van der Waals surface area contributed by atoms with E-state index in [-0.39, 0.29) is 12.5 Å². The number of aryl methyl sites for hydroxylation is 1. The van der Waals surface area contributed by atoms with Crippen LogP contribution in [0.2, 0.25) is 0 Å². The highest BCUT2D eigenvalue weighted by molar-refractivity contribution is 7.20. The molecule has 7 heteroatoms.